The molecular weight excluding hydrogens is 442 g/mol. The lowest BCUT2D eigenvalue weighted by atomic mass is 10.0. The monoisotopic (exact) mass is 465 g/mol. The first-order valence-electron chi connectivity index (χ1n) is 10.8. The van der Waals surface area contributed by atoms with Gasteiger partial charge in [-0.15, -0.1) is 11.3 Å². The molecule has 33 heavy (non-hydrogen) atoms. The molecular formula is C21H23N9O2S. The number of rotatable bonds is 6. The van der Waals surface area contributed by atoms with E-state index in [9.17, 15) is 9.90 Å². The molecule has 1 saturated carbocycles. The largest absolute Gasteiger partial charge is 0.388 e. The molecule has 0 radical (unpaired) electrons. The maximum Gasteiger partial charge on any atom is 0.249 e. The van der Waals surface area contributed by atoms with Crippen molar-refractivity contribution in [3.8, 4) is 0 Å². The zero-order valence-corrected chi connectivity index (χ0v) is 18.7. The molecule has 0 spiro atoms. The van der Waals surface area contributed by atoms with Crippen LogP contribution in [0, 0.1) is 0 Å². The highest BCUT2D eigenvalue weighted by Crippen LogP contribution is 2.39. The second kappa shape index (κ2) is 7.52. The van der Waals surface area contributed by atoms with E-state index in [1.807, 2.05) is 28.8 Å². The van der Waals surface area contributed by atoms with Crippen molar-refractivity contribution in [2.24, 2.45) is 0 Å². The topological polar surface area (TPSA) is 136 Å². The van der Waals surface area contributed by atoms with E-state index in [4.69, 9.17) is 4.98 Å². The van der Waals surface area contributed by atoms with Gasteiger partial charge in [-0.25, -0.2) is 4.98 Å². The van der Waals surface area contributed by atoms with E-state index in [-0.39, 0.29) is 18.9 Å². The maximum atomic E-state index is 13.1. The van der Waals surface area contributed by atoms with Crippen LogP contribution in [0.3, 0.4) is 0 Å². The van der Waals surface area contributed by atoms with E-state index in [0.717, 1.165) is 5.69 Å². The molecule has 12 heteroatoms. The number of fused-ring (bicyclic) bond motifs is 1. The zero-order chi connectivity index (χ0) is 22.6. The van der Waals surface area contributed by atoms with Crippen LogP contribution in [0.1, 0.15) is 37.8 Å². The van der Waals surface area contributed by atoms with Crippen LogP contribution < -0.4 is 15.5 Å². The summed E-state index contributed by atoms with van der Waals surface area (Å²) in [5, 5.41) is 26.7. The van der Waals surface area contributed by atoms with Gasteiger partial charge in [0, 0.05) is 41.9 Å². The molecule has 5 heterocycles. The number of nitrogens with one attached hydrogen (secondary N) is 3. The number of thiazole rings is 1. The Morgan fingerprint density at radius 2 is 2.24 bits per heavy atom. The number of β-amino-alcohol motifs (C(OH)–C–C–N with tert-alkyl or cyclic N) is 1. The number of aromatic nitrogens is 6. The van der Waals surface area contributed by atoms with Crippen LogP contribution in [0.25, 0.3) is 5.65 Å². The summed E-state index contributed by atoms with van der Waals surface area (Å²) in [5.74, 6) is 1.86. The molecule has 0 unspecified atom stereocenters. The van der Waals surface area contributed by atoms with E-state index in [1.165, 1.54) is 24.2 Å². The second-order valence-electron chi connectivity index (χ2n) is 8.86. The predicted molar refractivity (Wildman–Crippen MR) is 124 cm³/mol. The number of hydrogen-bond donors (Lipinski definition) is 4. The van der Waals surface area contributed by atoms with Crippen LogP contribution >= 0.6 is 11.3 Å². The molecule has 4 aromatic heterocycles. The fourth-order valence-electron chi connectivity index (χ4n) is 4.24. The zero-order valence-electron chi connectivity index (χ0n) is 17.9. The van der Waals surface area contributed by atoms with Crippen LogP contribution in [-0.2, 0) is 4.79 Å². The Hall–Kier alpha value is -3.51. The van der Waals surface area contributed by atoms with Gasteiger partial charge in [-0.2, -0.15) is 15.1 Å². The third-order valence-corrected chi connectivity index (χ3v) is 6.66. The maximum absolute atomic E-state index is 13.1. The number of carbonyl (C=O) groups is 1. The molecule has 2 atom stereocenters. The predicted octanol–water partition coefficient (Wildman–Crippen LogP) is 2.50. The van der Waals surface area contributed by atoms with Gasteiger partial charge in [0.25, 0.3) is 0 Å². The van der Waals surface area contributed by atoms with E-state index < -0.39 is 11.6 Å². The molecule has 1 amide bonds. The molecule has 0 bridgehead atoms. The molecule has 2 aliphatic rings. The minimum atomic E-state index is -1.06. The number of anilines is 4. The third kappa shape index (κ3) is 3.91. The Balaban J connectivity index is 1.33. The molecule has 1 aliphatic heterocycles. The standard InChI is InChI=1S/C21H23N9O2S/c1-21(32)10-14(17(31)25-20-22-6-8-33-20)30(11-21)19-24-16-3-2-7-29(16)18(26-19)23-15-9-13(27-28-15)12-4-5-12/h2-3,6-9,12,14,32H,4-5,10-11H2,1H3,(H,22,25,31)(H2,23,24,26,27,28)/t14-,21-/m0/s1. The normalized spacial score (nSPS) is 22.7. The van der Waals surface area contributed by atoms with Gasteiger partial charge in [-0.05, 0) is 31.9 Å². The summed E-state index contributed by atoms with van der Waals surface area (Å²) in [6.45, 7) is 1.95. The van der Waals surface area contributed by atoms with Crippen LogP contribution in [-0.4, -0.2) is 58.8 Å². The van der Waals surface area contributed by atoms with E-state index in [0.29, 0.717) is 34.4 Å². The van der Waals surface area contributed by atoms with Crippen molar-refractivity contribution < 1.29 is 9.90 Å². The first kappa shape index (κ1) is 20.1. The number of H-pyrrole nitrogens is 1. The first-order valence-corrected chi connectivity index (χ1v) is 11.7. The lowest BCUT2D eigenvalue weighted by molar-refractivity contribution is -0.117. The van der Waals surface area contributed by atoms with Gasteiger partial charge >= 0.3 is 0 Å². The fourth-order valence-corrected chi connectivity index (χ4v) is 4.77. The Labute approximate surface area is 192 Å². The van der Waals surface area contributed by atoms with Crippen LogP contribution in [0.4, 0.5) is 22.8 Å². The quantitative estimate of drug-likeness (QED) is 0.341. The van der Waals surface area contributed by atoms with Crippen molar-refractivity contribution >= 4 is 45.7 Å². The van der Waals surface area contributed by atoms with Crippen LogP contribution in [0.15, 0.2) is 36.0 Å². The molecule has 11 nitrogen and oxygen atoms in total. The fraction of sp³-hybridized carbons (Fsp3) is 0.381. The van der Waals surface area contributed by atoms with Crippen molar-refractivity contribution in [2.45, 2.75) is 43.7 Å². The summed E-state index contributed by atoms with van der Waals surface area (Å²) in [7, 11) is 0. The number of nitrogens with zero attached hydrogens (tertiary/aromatic N) is 6. The smallest absolute Gasteiger partial charge is 0.249 e. The van der Waals surface area contributed by atoms with Crippen molar-refractivity contribution in [1.82, 2.24) is 29.5 Å². The highest BCUT2D eigenvalue weighted by Gasteiger charge is 2.44. The third-order valence-electron chi connectivity index (χ3n) is 5.97. The summed E-state index contributed by atoms with van der Waals surface area (Å²) in [4.78, 5) is 28.3. The highest BCUT2D eigenvalue weighted by atomic mass is 32.1. The first-order chi connectivity index (χ1) is 15.9. The number of hydrogen-bond acceptors (Lipinski definition) is 9. The lowest BCUT2D eigenvalue weighted by Crippen LogP contribution is -2.41. The Morgan fingerprint density at radius 3 is 3.03 bits per heavy atom. The van der Waals surface area contributed by atoms with Crippen molar-refractivity contribution in [2.75, 3.05) is 22.1 Å². The SMILES string of the molecule is C[C@]1(O)C[C@@H](C(=O)Nc2nccs2)N(c2nc(Nc3cc(C4CC4)[nH]n3)n3cccc3n2)C1. The number of amides is 1. The Bertz CT molecular complexity index is 1310. The molecule has 0 aromatic carbocycles. The molecule has 1 saturated heterocycles. The van der Waals surface area contributed by atoms with Gasteiger partial charge in [-0.1, -0.05) is 0 Å². The second-order valence-corrected chi connectivity index (χ2v) is 9.76. The minimum Gasteiger partial charge on any atom is -0.388 e. The lowest BCUT2D eigenvalue weighted by Gasteiger charge is -2.24. The van der Waals surface area contributed by atoms with Crippen molar-refractivity contribution in [1.29, 1.82) is 0 Å². The molecule has 4 N–H and O–H groups in total. The summed E-state index contributed by atoms with van der Waals surface area (Å²) >= 11 is 1.34. The number of aromatic amines is 1. The Kier molecular flexibility index (Phi) is 4.59. The molecule has 4 aromatic rings. The van der Waals surface area contributed by atoms with Gasteiger partial charge in [0.15, 0.2) is 10.9 Å². The van der Waals surface area contributed by atoms with Crippen LogP contribution in [0.2, 0.25) is 0 Å². The highest BCUT2D eigenvalue weighted by molar-refractivity contribution is 7.13. The van der Waals surface area contributed by atoms with Gasteiger partial charge in [0.05, 0.1) is 12.1 Å². The van der Waals surface area contributed by atoms with Gasteiger partial charge in [0.2, 0.25) is 17.8 Å². The molecule has 170 valence electrons. The average molecular weight is 466 g/mol. The average Bonchev–Trinajstić information content (AvgIpc) is 3.20. The molecule has 1 aliphatic carbocycles. The van der Waals surface area contributed by atoms with Gasteiger partial charge < -0.3 is 20.6 Å². The van der Waals surface area contributed by atoms with Crippen molar-refractivity contribution in [3.05, 3.63) is 41.7 Å². The minimum absolute atomic E-state index is 0.230. The molecule has 6 rings (SSSR count). The number of aliphatic hydroxyl groups is 1. The van der Waals surface area contributed by atoms with E-state index >= 15 is 0 Å². The summed E-state index contributed by atoms with van der Waals surface area (Å²) < 4.78 is 1.83. The van der Waals surface area contributed by atoms with E-state index in [2.05, 4.69) is 30.8 Å². The summed E-state index contributed by atoms with van der Waals surface area (Å²) in [6, 6.07) is 5.11. The van der Waals surface area contributed by atoms with Gasteiger partial charge in [-0.3, -0.25) is 14.3 Å². The van der Waals surface area contributed by atoms with Crippen LogP contribution in [0.5, 0.6) is 0 Å². The summed E-state index contributed by atoms with van der Waals surface area (Å²) in [5.41, 5.74) is 0.730. The molecule has 2 fully saturated rings. The van der Waals surface area contributed by atoms with Crippen molar-refractivity contribution in [3.63, 3.8) is 0 Å². The number of carbonyl (C=O) groups excluding carboxylic acids is 1. The summed E-state index contributed by atoms with van der Waals surface area (Å²) in [6.07, 6.45) is 6.12. The van der Waals surface area contributed by atoms with Gasteiger partial charge in [0.1, 0.15) is 11.7 Å². The Morgan fingerprint density at radius 1 is 1.36 bits per heavy atom. The van der Waals surface area contributed by atoms with E-state index in [1.54, 1.807) is 23.4 Å².